The number of fused-ring (bicyclic) bond motifs is 3. The second-order valence-electron chi connectivity index (χ2n) is 10.5. The summed E-state index contributed by atoms with van der Waals surface area (Å²) in [6.07, 6.45) is 3.91. The van der Waals surface area contributed by atoms with Crippen LogP contribution in [0.3, 0.4) is 0 Å². The Labute approximate surface area is 231 Å². The molecule has 0 spiro atoms. The van der Waals surface area contributed by atoms with Crippen LogP contribution < -0.4 is 14.9 Å². The first-order chi connectivity index (χ1) is 19.0. The van der Waals surface area contributed by atoms with Gasteiger partial charge in [-0.2, -0.15) is 0 Å². The molecule has 0 bridgehead atoms. The number of benzene rings is 3. The maximum absolute atomic E-state index is 14.1. The number of rotatable bonds is 3. The van der Waals surface area contributed by atoms with E-state index in [-0.39, 0.29) is 11.6 Å². The Hall–Kier alpha value is -4.22. The molecule has 7 rings (SSSR count). The second kappa shape index (κ2) is 9.21. The van der Waals surface area contributed by atoms with E-state index < -0.39 is 0 Å². The van der Waals surface area contributed by atoms with Gasteiger partial charge in [-0.3, -0.25) is 9.36 Å². The van der Waals surface area contributed by atoms with E-state index in [0.717, 1.165) is 51.5 Å². The van der Waals surface area contributed by atoms with Crippen molar-refractivity contribution in [3.63, 3.8) is 0 Å². The third kappa shape index (κ3) is 3.88. The van der Waals surface area contributed by atoms with E-state index in [0.29, 0.717) is 4.53 Å². The number of aryl methyl sites for hydroxylation is 3. The summed E-state index contributed by atoms with van der Waals surface area (Å²) in [6.45, 7) is 6.34. The number of allylic oxidation sites excluding steroid dienone is 1. The van der Waals surface area contributed by atoms with Gasteiger partial charge in [0.15, 0.2) is 4.80 Å². The van der Waals surface area contributed by atoms with Gasteiger partial charge in [0.1, 0.15) is 0 Å². The van der Waals surface area contributed by atoms with Crippen molar-refractivity contribution in [3.8, 4) is 5.69 Å². The van der Waals surface area contributed by atoms with Crippen molar-refractivity contribution in [3.05, 3.63) is 149 Å². The van der Waals surface area contributed by atoms with Gasteiger partial charge in [0.25, 0.3) is 5.56 Å². The minimum Gasteiger partial charge on any atom is -0.318 e. The maximum Gasteiger partial charge on any atom is 0.271 e. The van der Waals surface area contributed by atoms with Gasteiger partial charge in [-0.15, -0.1) is 0 Å². The minimum atomic E-state index is -0.145. The zero-order valence-electron chi connectivity index (χ0n) is 22.3. The van der Waals surface area contributed by atoms with E-state index >= 15 is 0 Å². The van der Waals surface area contributed by atoms with Gasteiger partial charge < -0.3 is 4.57 Å². The molecule has 5 heteroatoms. The molecule has 0 unspecified atom stereocenters. The Morgan fingerprint density at radius 1 is 0.897 bits per heavy atom. The Bertz CT molecular complexity index is 1950. The molecule has 0 radical (unpaired) electrons. The molecule has 4 nitrogen and oxygen atoms in total. The highest BCUT2D eigenvalue weighted by Crippen LogP contribution is 2.41. The van der Waals surface area contributed by atoms with Gasteiger partial charge >= 0.3 is 0 Å². The Kier molecular flexibility index (Phi) is 5.64. The van der Waals surface area contributed by atoms with Crippen LogP contribution in [-0.2, 0) is 6.42 Å². The Morgan fingerprint density at radius 3 is 2.44 bits per heavy atom. The minimum absolute atomic E-state index is 0.0261. The molecule has 5 aromatic rings. The molecule has 0 N–H and O–H groups in total. The monoisotopic (exact) mass is 527 g/mol. The summed E-state index contributed by atoms with van der Waals surface area (Å²) in [5.41, 5.74) is 11.6. The largest absolute Gasteiger partial charge is 0.318 e. The van der Waals surface area contributed by atoms with E-state index in [2.05, 4.69) is 110 Å². The lowest BCUT2D eigenvalue weighted by Crippen LogP contribution is -2.38. The number of nitrogens with zero attached hydrogens (tertiary/aromatic N) is 3. The lowest BCUT2D eigenvalue weighted by atomic mass is 9.83. The fourth-order valence-electron chi connectivity index (χ4n) is 6.12. The van der Waals surface area contributed by atoms with Gasteiger partial charge in [0.05, 0.1) is 16.3 Å². The normalized spacial score (nSPS) is 16.5. The van der Waals surface area contributed by atoms with Crippen LogP contribution in [0.15, 0.2) is 100 Å². The van der Waals surface area contributed by atoms with E-state index in [1.807, 2.05) is 10.6 Å². The Morgan fingerprint density at radius 2 is 1.64 bits per heavy atom. The summed E-state index contributed by atoms with van der Waals surface area (Å²) in [4.78, 5) is 20.0. The molecule has 2 aliphatic rings. The standard InChI is InChI=1S/C34H29N3OS/c1-21-13-16-27(17-14-21)36-22(2)19-26(23(36)3)20-30-33(38)37-32(25-10-5-4-6-11-25)29-18-15-24-9-7-8-12-28(24)31(29)35-34(37)39-30/h4-14,16-17,19-20,32H,15,18H2,1-3H3/b30-20+/t32-/m1/s1. The number of aromatic nitrogens is 2. The second-order valence-corrected chi connectivity index (χ2v) is 11.5. The molecule has 2 aromatic heterocycles. The van der Waals surface area contributed by atoms with Crippen molar-refractivity contribution < 1.29 is 0 Å². The first-order valence-electron chi connectivity index (χ1n) is 13.4. The fraction of sp³-hybridized carbons (Fsp3) is 0.176. The van der Waals surface area contributed by atoms with Crippen LogP contribution in [0.5, 0.6) is 0 Å². The summed E-state index contributed by atoms with van der Waals surface area (Å²) in [7, 11) is 0. The van der Waals surface area contributed by atoms with Gasteiger partial charge in [-0.1, -0.05) is 83.6 Å². The van der Waals surface area contributed by atoms with Gasteiger partial charge in [0.2, 0.25) is 0 Å². The zero-order chi connectivity index (χ0) is 26.7. The van der Waals surface area contributed by atoms with Crippen LogP contribution >= 0.6 is 11.3 Å². The predicted octanol–water partition coefficient (Wildman–Crippen LogP) is 6.03. The number of hydrogen-bond donors (Lipinski definition) is 0. The van der Waals surface area contributed by atoms with Crippen molar-refractivity contribution in [2.45, 2.75) is 39.7 Å². The van der Waals surface area contributed by atoms with Crippen LogP contribution in [0, 0.1) is 20.8 Å². The molecule has 192 valence electrons. The maximum atomic E-state index is 14.1. The van der Waals surface area contributed by atoms with Crippen LogP contribution in [0.4, 0.5) is 0 Å². The molecule has 0 saturated carbocycles. The Balaban J connectivity index is 1.43. The van der Waals surface area contributed by atoms with E-state index in [1.165, 1.54) is 33.6 Å². The molecule has 0 fully saturated rings. The summed E-state index contributed by atoms with van der Waals surface area (Å²) in [6, 6.07) is 29.6. The lowest BCUT2D eigenvalue weighted by molar-refractivity contribution is 0.585. The molecule has 1 aliphatic heterocycles. The van der Waals surface area contributed by atoms with E-state index in [4.69, 9.17) is 4.99 Å². The molecule has 1 aliphatic carbocycles. The molecule has 3 aromatic carbocycles. The van der Waals surface area contributed by atoms with E-state index in [1.54, 1.807) is 0 Å². The van der Waals surface area contributed by atoms with Gasteiger partial charge in [-0.05, 0) is 80.2 Å². The summed E-state index contributed by atoms with van der Waals surface area (Å²) < 4.78 is 4.90. The van der Waals surface area contributed by atoms with Crippen LogP contribution in [0.2, 0.25) is 0 Å². The van der Waals surface area contributed by atoms with Crippen LogP contribution in [0.1, 0.15) is 51.7 Å². The highest BCUT2D eigenvalue weighted by molar-refractivity contribution is 7.07. The molecular weight excluding hydrogens is 498 g/mol. The molecular formula is C34H29N3OS. The summed E-state index contributed by atoms with van der Waals surface area (Å²) in [5, 5.41) is 0. The average Bonchev–Trinajstić information content (AvgIpc) is 3.42. The van der Waals surface area contributed by atoms with Crippen molar-refractivity contribution >= 4 is 23.1 Å². The first kappa shape index (κ1) is 23.9. The molecule has 1 atom stereocenters. The molecule has 3 heterocycles. The smallest absolute Gasteiger partial charge is 0.271 e. The molecule has 39 heavy (non-hydrogen) atoms. The zero-order valence-corrected chi connectivity index (χ0v) is 23.1. The SMILES string of the molecule is Cc1ccc(-n2c(C)cc(/C=c3/sc4n(c3=O)[C@H](c3ccccc3)C3=C(N=4)c4ccccc4CC3)c2C)cc1. The third-order valence-electron chi connectivity index (χ3n) is 8.04. The summed E-state index contributed by atoms with van der Waals surface area (Å²) in [5.74, 6) is 0. The van der Waals surface area contributed by atoms with Crippen molar-refractivity contribution in [1.82, 2.24) is 9.13 Å². The van der Waals surface area contributed by atoms with Crippen molar-refractivity contribution in [2.24, 2.45) is 4.99 Å². The number of hydrogen-bond acceptors (Lipinski definition) is 3. The summed E-state index contributed by atoms with van der Waals surface area (Å²) >= 11 is 1.49. The van der Waals surface area contributed by atoms with Gasteiger partial charge in [0, 0.05) is 22.6 Å². The van der Waals surface area contributed by atoms with Crippen molar-refractivity contribution in [1.29, 1.82) is 0 Å². The molecule has 0 saturated heterocycles. The quantitative estimate of drug-likeness (QED) is 0.282. The topological polar surface area (TPSA) is 39.3 Å². The highest BCUT2D eigenvalue weighted by atomic mass is 32.1. The van der Waals surface area contributed by atoms with Crippen LogP contribution in [0.25, 0.3) is 17.5 Å². The number of thiazole rings is 1. The van der Waals surface area contributed by atoms with E-state index in [9.17, 15) is 4.79 Å². The van der Waals surface area contributed by atoms with Crippen LogP contribution in [-0.4, -0.2) is 9.13 Å². The van der Waals surface area contributed by atoms with Crippen molar-refractivity contribution in [2.75, 3.05) is 0 Å². The first-order valence-corrected chi connectivity index (χ1v) is 14.3. The third-order valence-corrected chi connectivity index (χ3v) is 9.02. The highest BCUT2D eigenvalue weighted by Gasteiger charge is 2.32. The lowest BCUT2D eigenvalue weighted by Gasteiger charge is -2.30. The predicted molar refractivity (Wildman–Crippen MR) is 159 cm³/mol. The molecule has 0 amide bonds. The van der Waals surface area contributed by atoms with Gasteiger partial charge in [-0.25, -0.2) is 4.99 Å². The average molecular weight is 528 g/mol. The fourth-order valence-corrected chi connectivity index (χ4v) is 7.12.